The predicted octanol–water partition coefficient (Wildman–Crippen LogP) is 5.89. The molecule has 162 valence electrons. The Labute approximate surface area is 182 Å². The molecular weight excluding hydrogens is 429 g/mol. The first-order chi connectivity index (χ1) is 14.7. The molecule has 0 bridgehead atoms. The van der Waals surface area contributed by atoms with Crippen molar-refractivity contribution in [3.63, 3.8) is 0 Å². The van der Waals surface area contributed by atoms with Crippen LogP contribution in [0.1, 0.15) is 23.6 Å². The van der Waals surface area contributed by atoms with Crippen molar-refractivity contribution in [3.8, 4) is 11.1 Å². The minimum absolute atomic E-state index is 0.0108. The lowest BCUT2D eigenvalue weighted by Crippen LogP contribution is -2.28. The fourth-order valence-corrected chi connectivity index (χ4v) is 3.15. The number of hydrogen-bond donors (Lipinski definition) is 3. The number of amides is 2. The number of anilines is 2. The molecule has 2 amide bonds. The number of hydrogen-bond acceptors (Lipinski definition) is 3. The molecule has 0 radical (unpaired) electrons. The van der Waals surface area contributed by atoms with Crippen molar-refractivity contribution in [2.24, 2.45) is 0 Å². The molecule has 31 heavy (non-hydrogen) atoms. The van der Waals surface area contributed by atoms with Gasteiger partial charge in [0.05, 0.1) is 10.6 Å². The zero-order chi connectivity index (χ0) is 22.6. The number of benzene rings is 2. The van der Waals surface area contributed by atoms with E-state index >= 15 is 0 Å². The van der Waals surface area contributed by atoms with Crippen LogP contribution in [0.3, 0.4) is 0 Å². The van der Waals surface area contributed by atoms with E-state index in [0.717, 1.165) is 40.8 Å². The number of urea groups is 1. The summed E-state index contributed by atoms with van der Waals surface area (Å²) < 4.78 is 38.8. The Hall–Kier alpha value is -3.26. The summed E-state index contributed by atoms with van der Waals surface area (Å²) in [5.41, 5.74) is 8.57. The van der Waals surface area contributed by atoms with Gasteiger partial charge in [-0.3, -0.25) is 0 Å². The van der Waals surface area contributed by atoms with Gasteiger partial charge in [0.15, 0.2) is 0 Å². The second-order valence-electron chi connectivity index (χ2n) is 6.83. The van der Waals surface area contributed by atoms with E-state index in [1.54, 1.807) is 6.20 Å². The fraction of sp³-hybridized carbons (Fsp3) is 0.182. The van der Waals surface area contributed by atoms with E-state index in [0.29, 0.717) is 5.82 Å². The average molecular weight is 449 g/mol. The molecule has 0 aliphatic carbocycles. The van der Waals surface area contributed by atoms with E-state index in [2.05, 4.69) is 15.6 Å². The van der Waals surface area contributed by atoms with Crippen molar-refractivity contribution in [1.82, 2.24) is 10.3 Å². The molecule has 0 aliphatic rings. The fourth-order valence-electron chi connectivity index (χ4n) is 2.92. The van der Waals surface area contributed by atoms with Crippen LogP contribution in [0, 0.1) is 0 Å². The number of alkyl halides is 3. The van der Waals surface area contributed by atoms with Gasteiger partial charge in [-0.1, -0.05) is 42.8 Å². The van der Waals surface area contributed by atoms with Gasteiger partial charge in [0.2, 0.25) is 0 Å². The first kappa shape index (κ1) is 22.4. The van der Waals surface area contributed by atoms with E-state index in [4.69, 9.17) is 17.3 Å². The van der Waals surface area contributed by atoms with E-state index in [1.807, 2.05) is 37.3 Å². The summed E-state index contributed by atoms with van der Waals surface area (Å²) in [7, 11) is 0. The third-order valence-corrected chi connectivity index (χ3v) is 4.96. The van der Waals surface area contributed by atoms with Crippen LogP contribution in [-0.2, 0) is 19.1 Å². The first-order valence-electron chi connectivity index (χ1n) is 9.42. The molecular formula is C22H20ClF3N4O. The van der Waals surface area contributed by atoms with Gasteiger partial charge in [0.25, 0.3) is 0 Å². The van der Waals surface area contributed by atoms with Gasteiger partial charge in [0, 0.05) is 24.0 Å². The normalized spacial score (nSPS) is 11.3. The lowest BCUT2D eigenvalue weighted by Gasteiger charge is -2.12. The van der Waals surface area contributed by atoms with Crippen molar-refractivity contribution in [1.29, 1.82) is 0 Å². The van der Waals surface area contributed by atoms with E-state index in [9.17, 15) is 18.0 Å². The zero-order valence-electron chi connectivity index (χ0n) is 16.6. The third kappa shape index (κ3) is 5.67. The van der Waals surface area contributed by atoms with E-state index in [1.165, 1.54) is 6.07 Å². The Kier molecular flexibility index (Phi) is 6.70. The van der Waals surface area contributed by atoms with Crippen molar-refractivity contribution >= 4 is 29.1 Å². The quantitative estimate of drug-likeness (QED) is 0.455. The molecule has 1 heterocycles. The Morgan fingerprint density at radius 2 is 1.81 bits per heavy atom. The van der Waals surface area contributed by atoms with E-state index in [-0.39, 0.29) is 12.2 Å². The Balaban J connectivity index is 1.63. The number of carbonyl (C=O) groups is 1. The summed E-state index contributed by atoms with van der Waals surface area (Å²) in [4.78, 5) is 16.3. The topological polar surface area (TPSA) is 80.0 Å². The molecule has 0 saturated carbocycles. The van der Waals surface area contributed by atoms with Gasteiger partial charge in [-0.05, 0) is 47.4 Å². The average Bonchev–Trinajstić information content (AvgIpc) is 2.73. The summed E-state index contributed by atoms with van der Waals surface area (Å²) in [6, 6.07) is 11.9. The van der Waals surface area contributed by atoms with Crippen LogP contribution in [0.5, 0.6) is 0 Å². The molecule has 1 aromatic heterocycles. The van der Waals surface area contributed by atoms with E-state index < -0.39 is 22.8 Å². The Morgan fingerprint density at radius 3 is 2.45 bits per heavy atom. The second kappa shape index (κ2) is 9.26. The minimum Gasteiger partial charge on any atom is -0.383 e. The summed E-state index contributed by atoms with van der Waals surface area (Å²) in [5.74, 6) is 0.434. The second-order valence-corrected chi connectivity index (χ2v) is 7.23. The summed E-state index contributed by atoms with van der Waals surface area (Å²) in [6.45, 7) is 2.22. The van der Waals surface area contributed by atoms with Gasteiger partial charge in [-0.25, -0.2) is 9.78 Å². The maximum Gasteiger partial charge on any atom is 0.417 e. The predicted molar refractivity (Wildman–Crippen MR) is 116 cm³/mol. The van der Waals surface area contributed by atoms with Crippen LogP contribution in [0.4, 0.5) is 29.5 Å². The summed E-state index contributed by atoms with van der Waals surface area (Å²) in [6.07, 6.45) is -2.02. The lowest BCUT2D eigenvalue weighted by molar-refractivity contribution is -0.137. The molecule has 4 N–H and O–H groups in total. The SMILES string of the molecule is CCc1cnc(N)c(-c2ccc(CNC(=O)Nc3ccc(Cl)c(C(F)(F)F)c3)cc2)c1. The van der Waals surface area contributed by atoms with Crippen LogP contribution in [0.25, 0.3) is 11.1 Å². The number of aryl methyl sites for hydroxylation is 1. The number of nitrogens with one attached hydrogen (secondary N) is 2. The van der Waals surface area contributed by atoms with Crippen molar-refractivity contribution in [2.45, 2.75) is 26.1 Å². The molecule has 0 aliphatic heterocycles. The van der Waals surface area contributed by atoms with Crippen LogP contribution < -0.4 is 16.4 Å². The highest BCUT2D eigenvalue weighted by molar-refractivity contribution is 6.31. The van der Waals surface area contributed by atoms with Crippen LogP contribution in [0.15, 0.2) is 54.7 Å². The number of rotatable bonds is 5. The number of nitrogen functional groups attached to an aromatic ring is 1. The van der Waals surface area contributed by atoms with Gasteiger partial charge >= 0.3 is 12.2 Å². The number of pyridine rings is 1. The molecule has 0 saturated heterocycles. The molecule has 0 unspecified atom stereocenters. The number of aromatic nitrogens is 1. The number of halogens is 4. The third-order valence-electron chi connectivity index (χ3n) is 4.63. The first-order valence-corrected chi connectivity index (χ1v) is 9.80. The standard InChI is InChI=1S/C22H20ClF3N4O/c1-2-13-9-17(20(27)28-11-13)15-5-3-14(4-6-15)12-29-21(31)30-16-7-8-19(23)18(10-16)22(24,25)26/h3-11H,2,12H2,1H3,(H2,27,28)(H2,29,30,31). The minimum atomic E-state index is -4.61. The van der Waals surface area contributed by atoms with Gasteiger partial charge in [-0.2, -0.15) is 13.2 Å². The van der Waals surface area contributed by atoms with Crippen molar-refractivity contribution in [3.05, 3.63) is 76.4 Å². The molecule has 0 spiro atoms. The lowest BCUT2D eigenvalue weighted by atomic mass is 10.0. The molecule has 0 atom stereocenters. The molecule has 3 rings (SSSR count). The highest BCUT2D eigenvalue weighted by atomic mass is 35.5. The highest BCUT2D eigenvalue weighted by Gasteiger charge is 2.33. The highest BCUT2D eigenvalue weighted by Crippen LogP contribution is 2.36. The largest absolute Gasteiger partial charge is 0.417 e. The Morgan fingerprint density at radius 1 is 1.10 bits per heavy atom. The number of nitrogens with two attached hydrogens (primary N) is 1. The van der Waals surface area contributed by atoms with Crippen molar-refractivity contribution < 1.29 is 18.0 Å². The van der Waals surface area contributed by atoms with Crippen LogP contribution in [-0.4, -0.2) is 11.0 Å². The Bertz CT molecular complexity index is 1090. The maximum atomic E-state index is 12.9. The summed E-state index contributed by atoms with van der Waals surface area (Å²) in [5, 5.41) is 4.55. The maximum absolute atomic E-state index is 12.9. The van der Waals surface area contributed by atoms with Gasteiger partial charge in [-0.15, -0.1) is 0 Å². The van der Waals surface area contributed by atoms with Gasteiger partial charge in [0.1, 0.15) is 5.82 Å². The smallest absolute Gasteiger partial charge is 0.383 e. The monoisotopic (exact) mass is 448 g/mol. The number of nitrogens with zero attached hydrogens (tertiary/aromatic N) is 1. The molecule has 2 aromatic carbocycles. The zero-order valence-corrected chi connectivity index (χ0v) is 17.3. The van der Waals surface area contributed by atoms with Crippen LogP contribution >= 0.6 is 11.6 Å². The summed E-state index contributed by atoms with van der Waals surface area (Å²) >= 11 is 5.58. The molecule has 3 aromatic rings. The van der Waals surface area contributed by atoms with Crippen molar-refractivity contribution in [2.75, 3.05) is 11.1 Å². The molecule has 9 heteroatoms. The number of carbonyl (C=O) groups excluding carboxylic acids is 1. The van der Waals surface area contributed by atoms with Crippen LogP contribution in [0.2, 0.25) is 5.02 Å². The van der Waals surface area contributed by atoms with Gasteiger partial charge < -0.3 is 16.4 Å². The molecule has 0 fully saturated rings. The molecule has 5 nitrogen and oxygen atoms in total.